The molecule has 0 aliphatic rings. The number of hydrogen-bond acceptors (Lipinski definition) is 4. The molecule has 0 bridgehead atoms. The molecule has 1 amide bonds. The van der Waals surface area contributed by atoms with Gasteiger partial charge in [0.1, 0.15) is 10.6 Å². The molecule has 7 heteroatoms. The molecule has 4 nitrogen and oxygen atoms in total. The monoisotopic (exact) mass is 307 g/mol. The van der Waals surface area contributed by atoms with E-state index in [1.165, 1.54) is 11.4 Å². The molecular weight excluding hydrogens is 288 g/mol. The maximum absolute atomic E-state index is 12.2. The molecule has 114 valence electrons. The number of rotatable bonds is 8. The standard InChI is InChI=1S/C13H19F2NO3S/c1-3-13(4-2,8-17)7-16-11(18)10-9(5-6-20-10)19-12(14)15/h5-6,12,17H,3-4,7-8H2,1-2H3,(H,16,18). The summed E-state index contributed by atoms with van der Waals surface area (Å²) < 4.78 is 28.7. The molecular formula is C13H19F2NO3S. The molecule has 0 aromatic carbocycles. The molecule has 1 aromatic heterocycles. The van der Waals surface area contributed by atoms with Crippen LogP contribution in [0.1, 0.15) is 36.4 Å². The highest BCUT2D eigenvalue weighted by molar-refractivity contribution is 7.12. The largest absolute Gasteiger partial charge is 0.433 e. The van der Waals surface area contributed by atoms with Crippen LogP contribution < -0.4 is 10.1 Å². The minimum Gasteiger partial charge on any atom is -0.433 e. The summed E-state index contributed by atoms with van der Waals surface area (Å²) in [5.74, 6) is -0.583. The number of halogens is 2. The number of nitrogens with one attached hydrogen (secondary N) is 1. The molecule has 0 saturated carbocycles. The van der Waals surface area contributed by atoms with Crippen LogP contribution in [0.25, 0.3) is 0 Å². The molecule has 2 N–H and O–H groups in total. The van der Waals surface area contributed by atoms with Crippen LogP contribution in [0.3, 0.4) is 0 Å². The van der Waals surface area contributed by atoms with Gasteiger partial charge in [0, 0.05) is 12.0 Å². The molecule has 0 aliphatic carbocycles. The summed E-state index contributed by atoms with van der Waals surface area (Å²) >= 11 is 1.04. The number of alkyl halides is 2. The van der Waals surface area contributed by atoms with Crippen LogP contribution in [0.5, 0.6) is 5.75 Å². The quantitative estimate of drug-likeness (QED) is 0.776. The predicted molar refractivity (Wildman–Crippen MR) is 73.4 cm³/mol. The summed E-state index contributed by atoms with van der Waals surface area (Å²) in [6.07, 6.45) is 1.43. The van der Waals surface area contributed by atoms with E-state index in [9.17, 15) is 18.7 Å². The van der Waals surface area contributed by atoms with E-state index in [-0.39, 0.29) is 22.6 Å². The first-order valence-electron chi connectivity index (χ1n) is 6.39. The van der Waals surface area contributed by atoms with Gasteiger partial charge in [0.25, 0.3) is 5.91 Å². The van der Waals surface area contributed by atoms with Gasteiger partial charge in [-0.2, -0.15) is 8.78 Å². The molecule has 0 unspecified atom stereocenters. The van der Waals surface area contributed by atoms with Crippen molar-refractivity contribution < 1.29 is 23.4 Å². The maximum atomic E-state index is 12.2. The van der Waals surface area contributed by atoms with Gasteiger partial charge in [0.15, 0.2) is 0 Å². The Labute approximate surface area is 120 Å². The van der Waals surface area contributed by atoms with Gasteiger partial charge in [0.05, 0.1) is 6.61 Å². The van der Waals surface area contributed by atoms with E-state index in [1.54, 1.807) is 0 Å². The fourth-order valence-corrected chi connectivity index (χ4v) is 2.52. The molecule has 0 saturated heterocycles. The van der Waals surface area contributed by atoms with E-state index in [4.69, 9.17) is 0 Å². The molecule has 0 radical (unpaired) electrons. The molecule has 0 spiro atoms. The lowest BCUT2D eigenvalue weighted by atomic mass is 9.83. The Balaban J connectivity index is 2.70. The zero-order valence-corrected chi connectivity index (χ0v) is 12.3. The number of aliphatic hydroxyl groups excluding tert-OH is 1. The van der Waals surface area contributed by atoms with Gasteiger partial charge < -0.3 is 15.2 Å². The number of aliphatic hydroxyl groups is 1. The minimum atomic E-state index is -2.96. The fourth-order valence-electron chi connectivity index (χ4n) is 1.78. The van der Waals surface area contributed by atoms with Gasteiger partial charge in [0.2, 0.25) is 0 Å². The van der Waals surface area contributed by atoms with Crippen molar-refractivity contribution >= 4 is 17.2 Å². The molecule has 20 heavy (non-hydrogen) atoms. The molecule has 1 rings (SSSR count). The first-order valence-corrected chi connectivity index (χ1v) is 7.27. The van der Waals surface area contributed by atoms with Crippen LogP contribution in [0.2, 0.25) is 0 Å². The Morgan fingerprint density at radius 3 is 2.65 bits per heavy atom. The Bertz CT molecular complexity index is 425. The third-order valence-corrected chi connectivity index (χ3v) is 4.41. The van der Waals surface area contributed by atoms with E-state index in [2.05, 4.69) is 10.1 Å². The van der Waals surface area contributed by atoms with Gasteiger partial charge in [-0.15, -0.1) is 11.3 Å². The highest BCUT2D eigenvalue weighted by Crippen LogP contribution is 2.28. The number of thiophene rings is 1. The zero-order chi connectivity index (χ0) is 15.2. The van der Waals surface area contributed by atoms with Crippen molar-refractivity contribution in [3.05, 3.63) is 16.3 Å². The summed E-state index contributed by atoms with van der Waals surface area (Å²) in [5.41, 5.74) is -0.378. The van der Waals surface area contributed by atoms with Crippen molar-refractivity contribution in [2.45, 2.75) is 33.3 Å². The molecule has 0 aliphatic heterocycles. The number of amides is 1. The summed E-state index contributed by atoms with van der Waals surface area (Å²) in [4.78, 5) is 12.1. The highest BCUT2D eigenvalue weighted by atomic mass is 32.1. The second-order valence-corrected chi connectivity index (χ2v) is 5.46. The van der Waals surface area contributed by atoms with Crippen molar-refractivity contribution in [1.29, 1.82) is 0 Å². The van der Waals surface area contributed by atoms with E-state index >= 15 is 0 Å². The third kappa shape index (κ3) is 4.14. The van der Waals surface area contributed by atoms with Crippen LogP contribution in [0.4, 0.5) is 8.78 Å². The molecule has 0 atom stereocenters. The van der Waals surface area contributed by atoms with Crippen molar-refractivity contribution in [3.8, 4) is 5.75 Å². The van der Waals surface area contributed by atoms with E-state index in [0.717, 1.165) is 11.3 Å². The van der Waals surface area contributed by atoms with Crippen LogP contribution in [0.15, 0.2) is 11.4 Å². The first kappa shape index (κ1) is 16.8. The van der Waals surface area contributed by atoms with Gasteiger partial charge in [-0.05, 0) is 24.3 Å². The average Bonchev–Trinajstić information content (AvgIpc) is 2.88. The smallest absolute Gasteiger partial charge is 0.387 e. The van der Waals surface area contributed by atoms with Gasteiger partial charge in [-0.1, -0.05) is 13.8 Å². The van der Waals surface area contributed by atoms with Gasteiger partial charge >= 0.3 is 6.61 Å². The molecule has 1 heterocycles. The van der Waals surface area contributed by atoms with E-state index in [0.29, 0.717) is 19.4 Å². The summed E-state index contributed by atoms with van der Waals surface area (Å²) in [5, 5.41) is 13.6. The Hall–Kier alpha value is -1.21. The number of hydrogen-bond donors (Lipinski definition) is 2. The predicted octanol–water partition coefficient (Wildman–Crippen LogP) is 2.88. The Morgan fingerprint density at radius 1 is 1.50 bits per heavy atom. The number of carbonyl (C=O) groups excluding carboxylic acids is 1. The van der Waals surface area contributed by atoms with Gasteiger partial charge in [-0.25, -0.2) is 0 Å². The summed E-state index contributed by atoms with van der Waals surface area (Å²) in [6.45, 7) is 1.16. The zero-order valence-electron chi connectivity index (χ0n) is 11.5. The van der Waals surface area contributed by atoms with Crippen molar-refractivity contribution in [2.75, 3.05) is 13.2 Å². The van der Waals surface area contributed by atoms with E-state index in [1.807, 2.05) is 13.8 Å². The topological polar surface area (TPSA) is 58.6 Å². The Morgan fingerprint density at radius 2 is 2.15 bits per heavy atom. The third-order valence-electron chi connectivity index (χ3n) is 3.51. The second-order valence-electron chi connectivity index (χ2n) is 4.54. The van der Waals surface area contributed by atoms with Crippen LogP contribution in [-0.4, -0.2) is 30.8 Å². The second kappa shape index (κ2) is 7.54. The lowest BCUT2D eigenvalue weighted by molar-refractivity contribution is -0.0498. The summed E-state index contributed by atoms with van der Waals surface area (Å²) in [6, 6.07) is 1.34. The average molecular weight is 307 g/mol. The first-order chi connectivity index (χ1) is 9.48. The number of carbonyl (C=O) groups is 1. The van der Waals surface area contributed by atoms with Crippen LogP contribution in [-0.2, 0) is 0 Å². The Kier molecular flexibility index (Phi) is 6.35. The maximum Gasteiger partial charge on any atom is 0.387 e. The van der Waals surface area contributed by atoms with Crippen LogP contribution in [0, 0.1) is 5.41 Å². The van der Waals surface area contributed by atoms with Crippen molar-refractivity contribution in [2.24, 2.45) is 5.41 Å². The lowest BCUT2D eigenvalue weighted by Gasteiger charge is -2.29. The fraction of sp³-hybridized carbons (Fsp3) is 0.615. The molecule has 1 aromatic rings. The normalized spacial score (nSPS) is 11.7. The molecule has 0 fully saturated rings. The van der Waals surface area contributed by atoms with Gasteiger partial charge in [-0.3, -0.25) is 4.79 Å². The summed E-state index contributed by atoms with van der Waals surface area (Å²) in [7, 11) is 0. The van der Waals surface area contributed by atoms with E-state index < -0.39 is 12.5 Å². The SMILES string of the molecule is CCC(CC)(CO)CNC(=O)c1sccc1OC(F)F. The van der Waals surface area contributed by atoms with Crippen molar-refractivity contribution in [1.82, 2.24) is 5.32 Å². The highest BCUT2D eigenvalue weighted by Gasteiger charge is 2.27. The lowest BCUT2D eigenvalue weighted by Crippen LogP contribution is -2.39. The number of ether oxygens (including phenoxy) is 1. The van der Waals surface area contributed by atoms with Crippen LogP contribution >= 0.6 is 11.3 Å². The minimum absolute atomic E-state index is 0.0366. The van der Waals surface area contributed by atoms with Crippen molar-refractivity contribution in [3.63, 3.8) is 0 Å².